The lowest BCUT2D eigenvalue weighted by molar-refractivity contribution is -0.143. The van der Waals surface area contributed by atoms with Gasteiger partial charge in [-0.05, 0) is 35.7 Å². The molecule has 0 bridgehead atoms. The van der Waals surface area contributed by atoms with Crippen molar-refractivity contribution in [2.45, 2.75) is 23.3 Å². The van der Waals surface area contributed by atoms with Gasteiger partial charge in [0.25, 0.3) is 0 Å². The Bertz CT molecular complexity index is 987. The number of aldehydes is 1. The Kier molecular flexibility index (Phi) is 5.91. The Morgan fingerprint density at radius 3 is 2.07 bits per heavy atom. The van der Waals surface area contributed by atoms with E-state index in [9.17, 15) is 39.6 Å². The third-order valence-electron chi connectivity index (χ3n) is 4.51. The number of carbonyl (C=O) groups excluding carboxylic acids is 1. The summed E-state index contributed by atoms with van der Waals surface area (Å²) in [5.74, 6) is 0. The Morgan fingerprint density at radius 1 is 1.00 bits per heavy atom. The van der Waals surface area contributed by atoms with Gasteiger partial charge >= 0.3 is 12.4 Å². The van der Waals surface area contributed by atoms with Crippen LogP contribution in [-0.4, -0.2) is 44.7 Å². The van der Waals surface area contributed by atoms with Crippen molar-refractivity contribution in [2.24, 2.45) is 0 Å². The minimum Gasteiger partial charge on any atom is -0.360 e. The number of benzene rings is 1. The summed E-state index contributed by atoms with van der Waals surface area (Å²) in [4.78, 5) is 12.1. The summed E-state index contributed by atoms with van der Waals surface area (Å²) in [5, 5.41) is 2.53. The number of piperazine rings is 1. The molecule has 1 unspecified atom stereocenters. The lowest BCUT2D eigenvalue weighted by atomic mass is 10.1. The number of alkyl halides is 6. The highest BCUT2D eigenvalue weighted by Gasteiger charge is 2.41. The van der Waals surface area contributed by atoms with Crippen LogP contribution in [0.3, 0.4) is 0 Å². The Morgan fingerprint density at radius 2 is 1.60 bits per heavy atom. The zero-order valence-corrected chi connectivity index (χ0v) is 16.6. The van der Waals surface area contributed by atoms with E-state index >= 15 is 0 Å². The minimum absolute atomic E-state index is 0.0751. The van der Waals surface area contributed by atoms with Gasteiger partial charge in [0.2, 0.25) is 10.0 Å². The van der Waals surface area contributed by atoms with Crippen LogP contribution in [0.15, 0.2) is 40.6 Å². The first-order valence-corrected chi connectivity index (χ1v) is 10.7. The predicted molar refractivity (Wildman–Crippen MR) is 96.7 cm³/mol. The molecule has 1 aromatic carbocycles. The molecular weight excluding hydrogens is 458 g/mol. The van der Waals surface area contributed by atoms with Crippen molar-refractivity contribution in [1.82, 2.24) is 4.31 Å². The molecule has 2 aromatic rings. The molecule has 1 saturated heterocycles. The first-order valence-electron chi connectivity index (χ1n) is 8.39. The molecule has 1 fully saturated rings. The van der Waals surface area contributed by atoms with Gasteiger partial charge in [0.05, 0.1) is 27.1 Å². The van der Waals surface area contributed by atoms with Crippen LogP contribution in [0, 0.1) is 0 Å². The van der Waals surface area contributed by atoms with Gasteiger partial charge in [-0.3, -0.25) is 0 Å². The van der Waals surface area contributed by atoms with E-state index in [1.54, 1.807) is 22.4 Å². The average Bonchev–Trinajstić information content (AvgIpc) is 3.20. The molecule has 0 N–H and O–H groups in total. The normalized spacial score (nSPS) is 19.1. The largest absolute Gasteiger partial charge is 0.416 e. The van der Waals surface area contributed by atoms with E-state index in [-0.39, 0.29) is 37.8 Å². The number of anilines is 1. The summed E-state index contributed by atoms with van der Waals surface area (Å²) in [7, 11) is -4.80. The summed E-state index contributed by atoms with van der Waals surface area (Å²) >= 11 is 1.35. The molecule has 0 amide bonds. The molecular formula is C17H14F6N2O3S2. The number of nitrogens with zero attached hydrogens (tertiary/aromatic N) is 2. The average molecular weight is 472 g/mol. The summed E-state index contributed by atoms with van der Waals surface area (Å²) in [5.41, 5.74) is -3.48. The summed E-state index contributed by atoms with van der Waals surface area (Å²) in [6.07, 6.45) is -10.1. The van der Waals surface area contributed by atoms with E-state index in [2.05, 4.69) is 0 Å². The van der Waals surface area contributed by atoms with Gasteiger partial charge in [-0.15, -0.1) is 11.3 Å². The second kappa shape index (κ2) is 7.85. The van der Waals surface area contributed by atoms with Crippen LogP contribution >= 0.6 is 11.3 Å². The number of carbonyl (C=O) groups is 1. The lowest BCUT2D eigenvalue weighted by Crippen LogP contribution is -2.55. The minimum atomic E-state index is -5.19. The second-order valence-corrected chi connectivity index (χ2v) is 9.27. The molecule has 0 saturated carbocycles. The van der Waals surface area contributed by atoms with Crippen LogP contribution in [0.25, 0.3) is 0 Å². The fourth-order valence-corrected chi connectivity index (χ4v) is 5.45. The molecule has 5 nitrogen and oxygen atoms in total. The highest BCUT2D eigenvalue weighted by Crippen LogP contribution is 2.38. The standard InChI is InChI=1S/C17H14F6N2O3S2/c18-16(19,20)11-6-12(17(21,22)23)8-14(7-11)30(27,28)25-4-3-24(9-13(25)10-26)15-2-1-5-29-15/h1-2,5-8,10,13H,3-4,9H2. The van der Waals surface area contributed by atoms with E-state index in [1.807, 2.05) is 0 Å². The Balaban J connectivity index is 2.01. The molecule has 13 heteroatoms. The van der Waals surface area contributed by atoms with Crippen LogP contribution in [0.4, 0.5) is 31.3 Å². The number of thiophene rings is 1. The third kappa shape index (κ3) is 4.47. The number of halogens is 6. The predicted octanol–water partition coefficient (Wildman–Crippen LogP) is 3.86. The maximum atomic E-state index is 13.1. The van der Waals surface area contributed by atoms with Gasteiger partial charge in [0.1, 0.15) is 6.29 Å². The van der Waals surface area contributed by atoms with Gasteiger partial charge < -0.3 is 9.69 Å². The van der Waals surface area contributed by atoms with Crippen molar-refractivity contribution in [3.63, 3.8) is 0 Å². The molecule has 0 spiro atoms. The highest BCUT2D eigenvalue weighted by atomic mass is 32.2. The zero-order chi connectivity index (χ0) is 22.3. The van der Waals surface area contributed by atoms with E-state index in [0.717, 1.165) is 5.00 Å². The molecule has 0 radical (unpaired) electrons. The molecule has 1 aliphatic heterocycles. The SMILES string of the molecule is O=CC1CN(c2cccs2)CCN1S(=O)(=O)c1cc(C(F)(F)F)cc(C(F)(F)F)c1. The smallest absolute Gasteiger partial charge is 0.360 e. The van der Waals surface area contributed by atoms with Gasteiger partial charge in [0.15, 0.2) is 0 Å². The highest BCUT2D eigenvalue weighted by molar-refractivity contribution is 7.89. The summed E-state index contributed by atoms with van der Waals surface area (Å²) in [6.45, 7) is -0.231. The number of hydrogen-bond acceptors (Lipinski definition) is 5. The zero-order valence-electron chi connectivity index (χ0n) is 14.9. The Labute approximate surface area is 171 Å². The van der Waals surface area contributed by atoms with Crippen LogP contribution in [0.1, 0.15) is 11.1 Å². The van der Waals surface area contributed by atoms with Gasteiger partial charge in [0, 0.05) is 19.6 Å². The molecule has 30 heavy (non-hydrogen) atoms. The van der Waals surface area contributed by atoms with E-state index in [1.165, 1.54) is 11.3 Å². The quantitative estimate of drug-likeness (QED) is 0.501. The monoisotopic (exact) mass is 472 g/mol. The maximum Gasteiger partial charge on any atom is 0.416 e. The summed E-state index contributed by atoms with van der Waals surface area (Å²) < 4.78 is 105. The fourth-order valence-electron chi connectivity index (χ4n) is 3.06. The van der Waals surface area contributed by atoms with Crippen molar-refractivity contribution in [2.75, 3.05) is 24.5 Å². The molecule has 2 heterocycles. The number of rotatable bonds is 4. The van der Waals surface area contributed by atoms with Gasteiger partial charge in [-0.2, -0.15) is 30.6 Å². The van der Waals surface area contributed by atoms with E-state index in [0.29, 0.717) is 10.6 Å². The first kappa shape index (κ1) is 22.6. The van der Waals surface area contributed by atoms with Crippen molar-refractivity contribution >= 4 is 32.6 Å². The second-order valence-electron chi connectivity index (χ2n) is 6.46. The van der Waals surface area contributed by atoms with E-state index in [4.69, 9.17) is 0 Å². The molecule has 0 aliphatic carbocycles. The topological polar surface area (TPSA) is 57.7 Å². The summed E-state index contributed by atoms with van der Waals surface area (Å²) in [6, 6.07) is 2.38. The fraction of sp³-hybridized carbons (Fsp3) is 0.353. The lowest BCUT2D eigenvalue weighted by Gasteiger charge is -2.38. The van der Waals surface area contributed by atoms with Crippen molar-refractivity contribution in [3.05, 3.63) is 46.8 Å². The van der Waals surface area contributed by atoms with Crippen molar-refractivity contribution in [1.29, 1.82) is 0 Å². The van der Waals surface area contributed by atoms with E-state index < -0.39 is 44.4 Å². The van der Waals surface area contributed by atoms with Gasteiger partial charge in [-0.25, -0.2) is 8.42 Å². The molecule has 164 valence electrons. The molecule has 1 atom stereocenters. The van der Waals surface area contributed by atoms with Crippen LogP contribution in [-0.2, 0) is 27.2 Å². The van der Waals surface area contributed by atoms with Crippen LogP contribution in [0.5, 0.6) is 0 Å². The molecule has 3 rings (SSSR count). The first-order chi connectivity index (χ1) is 13.8. The van der Waals surface area contributed by atoms with Crippen molar-refractivity contribution < 1.29 is 39.6 Å². The van der Waals surface area contributed by atoms with Crippen LogP contribution < -0.4 is 4.90 Å². The van der Waals surface area contributed by atoms with Crippen molar-refractivity contribution in [3.8, 4) is 0 Å². The molecule has 1 aromatic heterocycles. The van der Waals surface area contributed by atoms with Crippen LogP contribution in [0.2, 0.25) is 0 Å². The molecule has 1 aliphatic rings. The van der Waals surface area contributed by atoms with Gasteiger partial charge in [-0.1, -0.05) is 0 Å². The Hall–Kier alpha value is -2.12. The third-order valence-corrected chi connectivity index (χ3v) is 7.34. The maximum absolute atomic E-state index is 13.1. The number of sulfonamides is 1. The number of hydrogen-bond donors (Lipinski definition) is 0.